The summed E-state index contributed by atoms with van der Waals surface area (Å²) in [4.78, 5) is 15.2. The van der Waals surface area contributed by atoms with Gasteiger partial charge in [-0.15, -0.1) is 0 Å². The van der Waals surface area contributed by atoms with Gasteiger partial charge in [0.05, 0.1) is 11.0 Å². The fourth-order valence-corrected chi connectivity index (χ4v) is 2.35. The van der Waals surface area contributed by atoms with Crippen LogP contribution in [0, 0.1) is 5.92 Å². The molecule has 0 radical (unpaired) electrons. The van der Waals surface area contributed by atoms with Gasteiger partial charge in [0.1, 0.15) is 6.04 Å². The molecule has 0 spiro atoms. The van der Waals surface area contributed by atoms with Crippen LogP contribution in [-0.2, 0) is 11.0 Å². The molecular formula is C13H15F3N4O. The number of halogens is 3. The van der Waals surface area contributed by atoms with Crippen molar-refractivity contribution in [3.8, 4) is 0 Å². The standard InChI is InChI=1S/C13H15F3N4O/c1-6(2)10(11(18)21)20-9-4-3-7(17)5-8(9)19-12(20)13(14,15)16/h3-6,10H,17H2,1-2H3,(H2,18,21). The van der Waals surface area contributed by atoms with Crippen LogP contribution in [0.25, 0.3) is 11.0 Å². The average Bonchev–Trinajstić information content (AvgIpc) is 2.66. The van der Waals surface area contributed by atoms with Crippen LogP contribution in [0.3, 0.4) is 0 Å². The van der Waals surface area contributed by atoms with Crippen molar-refractivity contribution < 1.29 is 18.0 Å². The summed E-state index contributed by atoms with van der Waals surface area (Å²) < 4.78 is 40.5. The van der Waals surface area contributed by atoms with E-state index in [0.29, 0.717) is 5.69 Å². The predicted octanol–water partition coefficient (Wildman–Crippen LogP) is 2.32. The van der Waals surface area contributed by atoms with Crippen molar-refractivity contribution in [1.29, 1.82) is 0 Å². The maximum atomic E-state index is 13.2. The molecule has 1 aromatic heterocycles. The molecular weight excluding hydrogens is 285 g/mol. The van der Waals surface area contributed by atoms with E-state index < -0.39 is 29.9 Å². The first-order chi connectivity index (χ1) is 9.62. The normalized spacial score (nSPS) is 13.8. The molecule has 0 aliphatic carbocycles. The van der Waals surface area contributed by atoms with Crippen molar-refractivity contribution in [2.24, 2.45) is 11.7 Å². The largest absolute Gasteiger partial charge is 0.449 e. The van der Waals surface area contributed by atoms with Gasteiger partial charge in [0, 0.05) is 5.69 Å². The number of nitrogens with two attached hydrogens (primary N) is 2. The molecule has 1 amide bonds. The molecule has 0 saturated heterocycles. The monoisotopic (exact) mass is 300 g/mol. The summed E-state index contributed by atoms with van der Waals surface area (Å²) in [5, 5.41) is 0. The number of hydrogen-bond donors (Lipinski definition) is 2. The molecule has 8 heteroatoms. The minimum atomic E-state index is -4.70. The third-order valence-corrected chi connectivity index (χ3v) is 3.17. The number of aromatic nitrogens is 2. The van der Waals surface area contributed by atoms with E-state index in [9.17, 15) is 18.0 Å². The highest BCUT2D eigenvalue weighted by atomic mass is 19.4. The summed E-state index contributed by atoms with van der Waals surface area (Å²) in [6.07, 6.45) is -4.70. The van der Waals surface area contributed by atoms with Crippen LogP contribution in [-0.4, -0.2) is 15.5 Å². The third kappa shape index (κ3) is 2.65. The lowest BCUT2D eigenvalue weighted by atomic mass is 10.0. The number of carbonyl (C=O) groups excluding carboxylic acids is 1. The zero-order chi connectivity index (χ0) is 15.9. The summed E-state index contributed by atoms with van der Waals surface area (Å²) in [5.41, 5.74) is 11.4. The smallest absolute Gasteiger partial charge is 0.399 e. The van der Waals surface area contributed by atoms with Gasteiger partial charge in [0.25, 0.3) is 0 Å². The van der Waals surface area contributed by atoms with Gasteiger partial charge in [0.15, 0.2) is 0 Å². The van der Waals surface area contributed by atoms with E-state index >= 15 is 0 Å². The molecule has 4 N–H and O–H groups in total. The molecule has 2 rings (SSSR count). The first kappa shape index (κ1) is 15.1. The number of anilines is 1. The van der Waals surface area contributed by atoms with E-state index in [1.54, 1.807) is 13.8 Å². The van der Waals surface area contributed by atoms with E-state index in [-0.39, 0.29) is 11.0 Å². The van der Waals surface area contributed by atoms with Gasteiger partial charge in [-0.2, -0.15) is 13.2 Å². The number of nitrogens with zero attached hydrogens (tertiary/aromatic N) is 2. The Morgan fingerprint density at radius 3 is 2.43 bits per heavy atom. The van der Waals surface area contributed by atoms with E-state index in [4.69, 9.17) is 11.5 Å². The lowest BCUT2D eigenvalue weighted by molar-refractivity contribution is -0.148. The Bertz CT molecular complexity index is 691. The molecule has 21 heavy (non-hydrogen) atoms. The van der Waals surface area contributed by atoms with Crippen molar-refractivity contribution in [3.63, 3.8) is 0 Å². The fraction of sp³-hybridized carbons (Fsp3) is 0.385. The number of amides is 1. The Hall–Kier alpha value is -2.25. The first-order valence-corrected chi connectivity index (χ1v) is 6.27. The van der Waals surface area contributed by atoms with Gasteiger partial charge < -0.3 is 16.0 Å². The van der Waals surface area contributed by atoms with Gasteiger partial charge in [-0.05, 0) is 24.1 Å². The predicted molar refractivity (Wildman–Crippen MR) is 72.2 cm³/mol. The van der Waals surface area contributed by atoms with Crippen LogP contribution in [0.1, 0.15) is 25.7 Å². The SMILES string of the molecule is CC(C)C(C(N)=O)n1c(C(F)(F)F)nc2cc(N)ccc21. The number of rotatable bonds is 3. The third-order valence-electron chi connectivity index (χ3n) is 3.17. The zero-order valence-electron chi connectivity index (χ0n) is 11.5. The maximum absolute atomic E-state index is 13.2. The second-order valence-electron chi connectivity index (χ2n) is 5.14. The topological polar surface area (TPSA) is 86.9 Å². The molecule has 114 valence electrons. The van der Waals surface area contributed by atoms with Crippen molar-refractivity contribution in [2.75, 3.05) is 5.73 Å². The Balaban J connectivity index is 2.83. The number of nitrogen functional groups attached to an aromatic ring is 1. The van der Waals surface area contributed by atoms with Crippen LogP contribution in [0.2, 0.25) is 0 Å². The summed E-state index contributed by atoms with van der Waals surface area (Å²) in [5.74, 6) is -2.41. The first-order valence-electron chi connectivity index (χ1n) is 6.27. The average molecular weight is 300 g/mol. The molecule has 0 fully saturated rings. The van der Waals surface area contributed by atoms with Gasteiger partial charge in [-0.1, -0.05) is 13.8 Å². The summed E-state index contributed by atoms with van der Waals surface area (Å²) in [6, 6.07) is 3.05. The van der Waals surface area contributed by atoms with Crippen LogP contribution in [0.5, 0.6) is 0 Å². The second-order valence-corrected chi connectivity index (χ2v) is 5.14. The molecule has 1 aromatic carbocycles. The Labute approximate surface area is 118 Å². The van der Waals surface area contributed by atoms with Gasteiger partial charge >= 0.3 is 6.18 Å². The lowest BCUT2D eigenvalue weighted by Crippen LogP contribution is -2.33. The molecule has 1 atom stereocenters. The lowest BCUT2D eigenvalue weighted by Gasteiger charge is -2.22. The van der Waals surface area contributed by atoms with E-state index in [1.165, 1.54) is 18.2 Å². The Morgan fingerprint density at radius 1 is 1.33 bits per heavy atom. The Kier molecular flexibility index (Phi) is 3.56. The van der Waals surface area contributed by atoms with E-state index in [2.05, 4.69) is 4.98 Å². The highest BCUT2D eigenvalue weighted by molar-refractivity contribution is 5.85. The fourth-order valence-electron chi connectivity index (χ4n) is 2.35. The summed E-state index contributed by atoms with van der Waals surface area (Å²) in [6.45, 7) is 3.25. The van der Waals surface area contributed by atoms with Crippen LogP contribution < -0.4 is 11.5 Å². The van der Waals surface area contributed by atoms with Crippen LogP contribution in [0.15, 0.2) is 18.2 Å². The minimum Gasteiger partial charge on any atom is -0.399 e. The second kappa shape index (κ2) is 4.94. The molecule has 0 saturated carbocycles. The maximum Gasteiger partial charge on any atom is 0.449 e. The zero-order valence-corrected chi connectivity index (χ0v) is 11.5. The van der Waals surface area contributed by atoms with E-state index in [0.717, 1.165) is 4.57 Å². The van der Waals surface area contributed by atoms with Gasteiger partial charge in [0.2, 0.25) is 11.7 Å². The highest BCUT2D eigenvalue weighted by Gasteiger charge is 2.41. The summed E-state index contributed by atoms with van der Waals surface area (Å²) in [7, 11) is 0. The number of hydrogen-bond acceptors (Lipinski definition) is 3. The van der Waals surface area contributed by atoms with Crippen molar-refractivity contribution >= 4 is 22.6 Å². The minimum absolute atomic E-state index is 0.0780. The molecule has 0 aliphatic rings. The summed E-state index contributed by atoms with van der Waals surface area (Å²) >= 11 is 0. The molecule has 1 unspecified atom stereocenters. The quantitative estimate of drug-likeness (QED) is 0.853. The number of benzene rings is 1. The van der Waals surface area contributed by atoms with Gasteiger partial charge in [-0.3, -0.25) is 4.79 Å². The van der Waals surface area contributed by atoms with Crippen LogP contribution in [0.4, 0.5) is 18.9 Å². The van der Waals surface area contributed by atoms with Crippen molar-refractivity contribution in [3.05, 3.63) is 24.0 Å². The number of fused-ring (bicyclic) bond motifs is 1. The van der Waals surface area contributed by atoms with Crippen molar-refractivity contribution in [1.82, 2.24) is 9.55 Å². The van der Waals surface area contributed by atoms with Crippen LogP contribution >= 0.6 is 0 Å². The Morgan fingerprint density at radius 2 is 1.95 bits per heavy atom. The number of primary amides is 1. The number of carbonyl (C=O) groups is 1. The molecule has 1 heterocycles. The molecule has 0 bridgehead atoms. The number of alkyl halides is 3. The van der Waals surface area contributed by atoms with E-state index in [1.807, 2.05) is 0 Å². The highest BCUT2D eigenvalue weighted by Crippen LogP contribution is 2.36. The molecule has 0 aliphatic heterocycles. The van der Waals surface area contributed by atoms with Crippen molar-refractivity contribution in [2.45, 2.75) is 26.1 Å². The van der Waals surface area contributed by atoms with Gasteiger partial charge in [-0.25, -0.2) is 4.98 Å². The number of imidazole rings is 1. The molecule has 2 aromatic rings. The molecule has 5 nitrogen and oxygen atoms in total.